The maximum atomic E-state index is 11.6. The molecule has 0 aliphatic carbocycles. The Morgan fingerprint density at radius 2 is 2.21 bits per heavy atom. The van der Waals surface area contributed by atoms with Gasteiger partial charge in [0.05, 0.1) is 19.3 Å². The third-order valence-electron chi connectivity index (χ3n) is 3.16. The van der Waals surface area contributed by atoms with Crippen LogP contribution in [-0.4, -0.2) is 67.9 Å². The van der Waals surface area contributed by atoms with E-state index in [1.807, 2.05) is 11.8 Å². The maximum Gasteiger partial charge on any atom is 0.321 e. The van der Waals surface area contributed by atoms with Gasteiger partial charge in [0.2, 0.25) is 5.91 Å². The second kappa shape index (κ2) is 8.08. The molecule has 1 aliphatic heterocycles. The molecule has 0 bridgehead atoms. The molecule has 2 unspecified atom stereocenters. The SMILES string of the molecule is COCCNC(=O)NC(=O)CN1CCC(O)C(C)C1. The van der Waals surface area contributed by atoms with Gasteiger partial charge in [-0.15, -0.1) is 0 Å². The summed E-state index contributed by atoms with van der Waals surface area (Å²) in [7, 11) is 1.54. The summed E-state index contributed by atoms with van der Waals surface area (Å²) in [5.41, 5.74) is 0. The number of urea groups is 1. The van der Waals surface area contributed by atoms with Crippen molar-refractivity contribution in [3.63, 3.8) is 0 Å². The third kappa shape index (κ3) is 6.00. The van der Waals surface area contributed by atoms with Crippen LogP contribution in [0.1, 0.15) is 13.3 Å². The molecular formula is C12H23N3O4. The Hall–Kier alpha value is -1.18. The van der Waals surface area contributed by atoms with Crippen molar-refractivity contribution in [2.45, 2.75) is 19.4 Å². The number of nitrogens with one attached hydrogen (secondary N) is 2. The van der Waals surface area contributed by atoms with Crippen molar-refractivity contribution in [1.29, 1.82) is 0 Å². The molecule has 3 amide bonds. The number of imide groups is 1. The number of amides is 3. The molecule has 0 aromatic heterocycles. The highest BCUT2D eigenvalue weighted by Crippen LogP contribution is 2.15. The molecule has 1 rings (SSSR count). The zero-order valence-corrected chi connectivity index (χ0v) is 11.5. The smallest absolute Gasteiger partial charge is 0.321 e. The predicted molar refractivity (Wildman–Crippen MR) is 69.6 cm³/mol. The van der Waals surface area contributed by atoms with Gasteiger partial charge in [0.25, 0.3) is 0 Å². The largest absolute Gasteiger partial charge is 0.393 e. The van der Waals surface area contributed by atoms with Crippen molar-refractivity contribution in [1.82, 2.24) is 15.5 Å². The van der Waals surface area contributed by atoms with Gasteiger partial charge < -0.3 is 15.2 Å². The molecule has 0 radical (unpaired) electrons. The number of carbonyl (C=O) groups excluding carboxylic acids is 2. The van der Waals surface area contributed by atoms with Crippen molar-refractivity contribution >= 4 is 11.9 Å². The molecule has 7 heteroatoms. The lowest BCUT2D eigenvalue weighted by molar-refractivity contribution is -0.122. The van der Waals surface area contributed by atoms with E-state index in [0.29, 0.717) is 32.7 Å². The van der Waals surface area contributed by atoms with Gasteiger partial charge in [0, 0.05) is 26.7 Å². The zero-order valence-electron chi connectivity index (χ0n) is 11.5. The summed E-state index contributed by atoms with van der Waals surface area (Å²) in [6.07, 6.45) is 0.366. The van der Waals surface area contributed by atoms with E-state index in [4.69, 9.17) is 4.74 Å². The van der Waals surface area contributed by atoms with Gasteiger partial charge >= 0.3 is 6.03 Å². The van der Waals surface area contributed by atoms with Crippen LogP contribution in [0.25, 0.3) is 0 Å². The Kier molecular flexibility index (Phi) is 6.75. The number of rotatable bonds is 5. The lowest BCUT2D eigenvalue weighted by Crippen LogP contribution is -2.49. The Bertz CT molecular complexity index is 311. The lowest BCUT2D eigenvalue weighted by Gasteiger charge is -2.33. The molecule has 1 aliphatic rings. The number of likely N-dealkylation sites (tertiary alicyclic amines) is 1. The van der Waals surface area contributed by atoms with E-state index in [0.717, 1.165) is 0 Å². The van der Waals surface area contributed by atoms with Crippen molar-refractivity contribution in [3.05, 3.63) is 0 Å². The summed E-state index contributed by atoms with van der Waals surface area (Å²) < 4.78 is 4.78. The molecule has 7 nitrogen and oxygen atoms in total. The molecule has 2 atom stereocenters. The number of hydrogen-bond donors (Lipinski definition) is 3. The van der Waals surface area contributed by atoms with E-state index >= 15 is 0 Å². The van der Waals surface area contributed by atoms with Gasteiger partial charge in [0.15, 0.2) is 0 Å². The van der Waals surface area contributed by atoms with Crippen LogP contribution in [0.4, 0.5) is 4.79 Å². The predicted octanol–water partition coefficient (Wildman–Crippen LogP) is -0.839. The van der Waals surface area contributed by atoms with Crippen LogP contribution in [0, 0.1) is 5.92 Å². The standard InChI is InChI=1S/C12H23N3O4/c1-9-7-15(5-3-10(9)16)8-11(17)14-12(18)13-4-6-19-2/h9-10,16H,3-8H2,1-2H3,(H2,13,14,17,18). The fraction of sp³-hybridized carbons (Fsp3) is 0.833. The number of hydrogen-bond acceptors (Lipinski definition) is 5. The van der Waals surface area contributed by atoms with Gasteiger partial charge in [-0.2, -0.15) is 0 Å². The fourth-order valence-corrected chi connectivity index (χ4v) is 2.04. The van der Waals surface area contributed by atoms with Gasteiger partial charge in [-0.05, 0) is 12.3 Å². The fourth-order valence-electron chi connectivity index (χ4n) is 2.04. The number of aliphatic hydroxyl groups is 1. The number of carbonyl (C=O) groups is 2. The molecule has 0 aromatic carbocycles. The lowest BCUT2D eigenvalue weighted by atomic mass is 9.97. The number of ether oxygens (including phenoxy) is 1. The zero-order chi connectivity index (χ0) is 14.3. The average Bonchev–Trinajstić information content (AvgIpc) is 2.34. The molecule has 0 aromatic rings. The Balaban J connectivity index is 2.22. The van der Waals surface area contributed by atoms with Crippen molar-refractivity contribution in [2.75, 3.05) is 39.9 Å². The summed E-state index contributed by atoms with van der Waals surface area (Å²) in [5.74, 6) is -0.185. The van der Waals surface area contributed by atoms with Crippen molar-refractivity contribution in [2.24, 2.45) is 5.92 Å². The van der Waals surface area contributed by atoms with Gasteiger partial charge in [-0.25, -0.2) is 4.79 Å². The van der Waals surface area contributed by atoms with Crippen molar-refractivity contribution < 1.29 is 19.4 Å². The second-order valence-electron chi connectivity index (χ2n) is 4.87. The van der Waals surface area contributed by atoms with Crippen LogP contribution >= 0.6 is 0 Å². The topological polar surface area (TPSA) is 90.9 Å². The minimum atomic E-state index is -0.507. The number of nitrogens with zero attached hydrogens (tertiary/aromatic N) is 1. The molecule has 1 fully saturated rings. The van der Waals surface area contributed by atoms with E-state index in [-0.39, 0.29) is 24.5 Å². The summed E-state index contributed by atoms with van der Waals surface area (Å²) in [6.45, 7) is 4.23. The van der Waals surface area contributed by atoms with E-state index < -0.39 is 6.03 Å². The molecular weight excluding hydrogens is 250 g/mol. The first-order valence-electron chi connectivity index (χ1n) is 6.50. The molecule has 1 heterocycles. The maximum absolute atomic E-state index is 11.6. The first-order valence-corrected chi connectivity index (χ1v) is 6.50. The molecule has 0 saturated carbocycles. The highest BCUT2D eigenvalue weighted by molar-refractivity contribution is 5.95. The van der Waals surface area contributed by atoms with Crippen LogP contribution in [0.2, 0.25) is 0 Å². The van der Waals surface area contributed by atoms with Crippen LogP contribution in [0.3, 0.4) is 0 Å². The van der Waals surface area contributed by atoms with Gasteiger partial charge in [-0.3, -0.25) is 15.0 Å². The van der Waals surface area contributed by atoms with Gasteiger partial charge in [-0.1, -0.05) is 6.92 Å². The second-order valence-corrected chi connectivity index (χ2v) is 4.87. The minimum absolute atomic E-state index is 0.150. The molecule has 19 heavy (non-hydrogen) atoms. The average molecular weight is 273 g/mol. The van der Waals surface area contributed by atoms with Crippen LogP contribution < -0.4 is 10.6 Å². The summed E-state index contributed by atoms with van der Waals surface area (Å²) in [4.78, 5) is 24.9. The van der Waals surface area contributed by atoms with Crippen LogP contribution in [0.15, 0.2) is 0 Å². The third-order valence-corrected chi connectivity index (χ3v) is 3.16. The highest BCUT2D eigenvalue weighted by atomic mass is 16.5. The summed E-state index contributed by atoms with van der Waals surface area (Å²) >= 11 is 0. The Labute approximate surface area is 113 Å². The molecule has 1 saturated heterocycles. The first-order chi connectivity index (χ1) is 9.02. The van der Waals surface area contributed by atoms with Crippen molar-refractivity contribution in [3.8, 4) is 0 Å². The van der Waals surface area contributed by atoms with E-state index in [2.05, 4.69) is 10.6 Å². The molecule has 110 valence electrons. The monoisotopic (exact) mass is 273 g/mol. The minimum Gasteiger partial charge on any atom is -0.393 e. The molecule has 3 N–H and O–H groups in total. The van der Waals surface area contributed by atoms with Crippen LogP contribution in [-0.2, 0) is 9.53 Å². The summed E-state index contributed by atoms with van der Waals surface area (Å²) in [5, 5.41) is 14.4. The normalized spacial score (nSPS) is 23.9. The van der Waals surface area contributed by atoms with Crippen LogP contribution in [0.5, 0.6) is 0 Å². The first kappa shape index (κ1) is 15.9. The van der Waals surface area contributed by atoms with E-state index in [1.165, 1.54) is 7.11 Å². The summed E-state index contributed by atoms with van der Waals surface area (Å²) in [6, 6.07) is -0.507. The van der Waals surface area contributed by atoms with E-state index in [9.17, 15) is 14.7 Å². The number of methoxy groups -OCH3 is 1. The van der Waals surface area contributed by atoms with Gasteiger partial charge in [0.1, 0.15) is 0 Å². The number of piperidine rings is 1. The van der Waals surface area contributed by atoms with E-state index in [1.54, 1.807) is 0 Å². The quantitative estimate of drug-likeness (QED) is 0.568. The Morgan fingerprint density at radius 3 is 2.84 bits per heavy atom. The Morgan fingerprint density at radius 1 is 1.47 bits per heavy atom. The number of aliphatic hydroxyl groups excluding tert-OH is 1. The highest BCUT2D eigenvalue weighted by Gasteiger charge is 2.25. The molecule has 0 spiro atoms.